The van der Waals surface area contributed by atoms with Gasteiger partial charge in [0.25, 0.3) is 0 Å². The second-order valence-corrected chi connectivity index (χ2v) is 8.69. The molecule has 0 unspecified atom stereocenters. The number of nitrogens with zero attached hydrogens (tertiary/aromatic N) is 2. The van der Waals surface area contributed by atoms with Crippen molar-refractivity contribution in [2.45, 2.75) is 44.5 Å². The minimum Gasteiger partial charge on any atom is -0.467 e. The minimum atomic E-state index is -0.640. The zero-order valence-electron chi connectivity index (χ0n) is 16.7. The number of methoxy groups -OCH3 is 1. The van der Waals surface area contributed by atoms with Gasteiger partial charge in [0.15, 0.2) is 4.34 Å². The van der Waals surface area contributed by atoms with Gasteiger partial charge in [-0.25, -0.2) is 4.79 Å². The molecule has 0 bridgehead atoms. The van der Waals surface area contributed by atoms with E-state index >= 15 is 0 Å². The fourth-order valence-corrected chi connectivity index (χ4v) is 4.03. The quantitative estimate of drug-likeness (QED) is 0.470. The van der Waals surface area contributed by atoms with Gasteiger partial charge < -0.3 is 15.4 Å². The summed E-state index contributed by atoms with van der Waals surface area (Å²) in [4.78, 5) is 24.1. The number of esters is 1. The number of benzene rings is 1. The molecule has 0 aliphatic carbocycles. The zero-order valence-corrected chi connectivity index (χ0v) is 18.4. The van der Waals surface area contributed by atoms with Crippen LogP contribution in [-0.4, -0.2) is 41.0 Å². The first-order valence-electron chi connectivity index (χ1n) is 9.02. The van der Waals surface area contributed by atoms with Crippen LogP contribution in [0.2, 0.25) is 0 Å². The highest BCUT2D eigenvalue weighted by Crippen LogP contribution is 2.29. The maximum absolute atomic E-state index is 12.2. The first-order chi connectivity index (χ1) is 13.3. The Morgan fingerprint density at radius 3 is 2.71 bits per heavy atom. The summed E-state index contributed by atoms with van der Waals surface area (Å²) in [6, 6.07) is 5.40. The Morgan fingerprint density at radius 2 is 2.04 bits per heavy atom. The van der Waals surface area contributed by atoms with Crippen molar-refractivity contribution in [3.05, 3.63) is 29.3 Å². The molecule has 0 radical (unpaired) electrons. The van der Waals surface area contributed by atoms with Crippen LogP contribution >= 0.6 is 23.1 Å². The Balaban J connectivity index is 1.92. The highest BCUT2D eigenvalue weighted by atomic mass is 32.2. The van der Waals surface area contributed by atoms with Gasteiger partial charge in [-0.1, -0.05) is 55.5 Å². The van der Waals surface area contributed by atoms with E-state index in [-0.39, 0.29) is 17.6 Å². The molecule has 1 aromatic heterocycles. The average molecular weight is 423 g/mol. The first kappa shape index (κ1) is 22.2. The number of anilines is 2. The van der Waals surface area contributed by atoms with Gasteiger partial charge in [0, 0.05) is 5.69 Å². The molecular weight excluding hydrogens is 396 g/mol. The van der Waals surface area contributed by atoms with Crippen LogP contribution in [0, 0.1) is 19.8 Å². The number of amides is 1. The van der Waals surface area contributed by atoms with E-state index in [9.17, 15) is 9.59 Å². The Labute approximate surface area is 173 Å². The summed E-state index contributed by atoms with van der Waals surface area (Å²) in [5, 5.41) is 14.9. The van der Waals surface area contributed by atoms with Gasteiger partial charge in [0.1, 0.15) is 6.04 Å². The minimum absolute atomic E-state index is 0.00343. The largest absolute Gasteiger partial charge is 0.467 e. The fraction of sp³-hybridized carbons (Fsp3) is 0.474. The van der Waals surface area contributed by atoms with Crippen molar-refractivity contribution in [1.82, 2.24) is 15.5 Å². The summed E-state index contributed by atoms with van der Waals surface area (Å²) in [5.74, 6) is -0.512. The van der Waals surface area contributed by atoms with E-state index in [1.165, 1.54) is 35.8 Å². The SMILES string of the molecule is CC[C@H](C)[C@H](NC(=O)CSc1nnc(Nc2cccc(C)c2C)s1)C(=O)OC. The van der Waals surface area contributed by atoms with Gasteiger partial charge in [-0.3, -0.25) is 4.79 Å². The van der Waals surface area contributed by atoms with Crippen LogP contribution in [-0.2, 0) is 14.3 Å². The Morgan fingerprint density at radius 1 is 1.29 bits per heavy atom. The first-order valence-corrected chi connectivity index (χ1v) is 10.8. The molecule has 1 amide bonds. The number of rotatable bonds is 9. The second-order valence-electron chi connectivity index (χ2n) is 6.49. The maximum atomic E-state index is 12.2. The van der Waals surface area contributed by atoms with Gasteiger partial charge in [0.05, 0.1) is 12.9 Å². The number of ether oxygens (including phenoxy) is 1. The van der Waals surface area contributed by atoms with Crippen LogP contribution in [0.3, 0.4) is 0 Å². The van der Waals surface area contributed by atoms with Crippen molar-refractivity contribution in [3.8, 4) is 0 Å². The fourth-order valence-electron chi connectivity index (χ4n) is 2.46. The lowest BCUT2D eigenvalue weighted by Crippen LogP contribution is -2.46. The molecular formula is C19H26N4O3S2. The molecule has 1 aromatic carbocycles. The van der Waals surface area contributed by atoms with Crippen molar-refractivity contribution in [2.24, 2.45) is 5.92 Å². The lowest BCUT2D eigenvalue weighted by Gasteiger charge is -2.21. The molecule has 2 N–H and O–H groups in total. The molecule has 0 saturated carbocycles. The molecule has 2 rings (SSSR count). The molecule has 0 saturated heterocycles. The average Bonchev–Trinajstić information content (AvgIpc) is 3.14. The molecule has 2 aromatic rings. The molecule has 0 fully saturated rings. The summed E-state index contributed by atoms with van der Waals surface area (Å²) in [5.41, 5.74) is 3.34. The predicted molar refractivity (Wildman–Crippen MR) is 113 cm³/mol. The third kappa shape index (κ3) is 5.93. The molecule has 152 valence electrons. The standard InChI is InChI=1S/C19H26N4O3S2/c1-6-11(2)16(17(25)26-5)21-15(24)10-27-19-23-22-18(28-19)20-14-9-7-8-12(3)13(14)4/h7-9,11,16H,6,10H2,1-5H3,(H,20,22)(H,21,24)/t11-,16-/m0/s1. The van der Waals surface area contributed by atoms with Gasteiger partial charge in [-0.05, 0) is 37.0 Å². The van der Waals surface area contributed by atoms with Gasteiger partial charge in [-0.2, -0.15) is 0 Å². The number of aryl methyl sites for hydroxylation is 1. The number of hydrogen-bond acceptors (Lipinski definition) is 8. The van der Waals surface area contributed by atoms with E-state index in [0.29, 0.717) is 9.47 Å². The Hall–Kier alpha value is -2.13. The van der Waals surface area contributed by atoms with Crippen molar-refractivity contribution in [1.29, 1.82) is 0 Å². The Kier molecular flexibility index (Phi) is 8.25. The smallest absolute Gasteiger partial charge is 0.328 e. The van der Waals surface area contributed by atoms with E-state index in [4.69, 9.17) is 4.74 Å². The van der Waals surface area contributed by atoms with Crippen LogP contribution in [0.15, 0.2) is 22.5 Å². The third-order valence-electron chi connectivity index (χ3n) is 4.56. The van der Waals surface area contributed by atoms with Crippen LogP contribution in [0.1, 0.15) is 31.4 Å². The van der Waals surface area contributed by atoms with E-state index in [1.807, 2.05) is 32.9 Å². The van der Waals surface area contributed by atoms with E-state index in [1.54, 1.807) is 0 Å². The summed E-state index contributed by atoms with van der Waals surface area (Å²) >= 11 is 2.67. The summed E-state index contributed by atoms with van der Waals surface area (Å²) in [6.45, 7) is 7.98. The second kappa shape index (κ2) is 10.4. The molecule has 7 nitrogen and oxygen atoms in total. The topological polar surface area (TPSA) is 93.2 Å². The lowest BCUT2D eigenvalue weighted by atomic mass is 9.99. The number of carbonyl (C=O) groups excluding carboxylic acids is 2. The molecule has 28 heavy (non-hydrogen) atoms. The summed E-state index contributed by atoms with van der Waals surface area (Å²) in [6.07, 6.45) is 0.761. The molecule has 0 aliphatic rings. The number of hydrogen-bond donors (Lipinski definition) is 2. The van der Waals surface area contributed by atoms with Crippen molar-refractivity contribution in [2.75, 3.05) is 18.2 Å². The molecule has 1 heterocycles. The molecule has 0 aliphatic heterocycles. The number of nitrogens with one attached hydrogen (secondary N) is 2. The van der Waals surface area contributed by atoms with E-state index in [0.717, 1.165) is 17.7 Å². The predicted octanol–water partition coefficient (Wildman–Crippen LogP) is 3.69. The molecule has 9 heteroatoms. The van der Waals surface area contributed by atoms with Crippen molar-refractivity contribution < 1.29 is 14.3 Å². The number of aromatic nitrogens is 2. The highest BCUT2D eigenvalue weighted by Gasteiger charge is 2.26. The molecule has 2 atom stereocenters. The monoisotopic (exact) mass is 422 g/mol. The van der Waals surface area contributed by atoms with Crippen LogP contribution < -0.4 is 10.6 Å². The van der Waals surface area contributed by atoms with Gasteiger partial charge >= 0.3 is 5.97 Å². The lowest BCUT2D eigenvalue weighted by molar-refractivity contribution is -0.146. The van der Waals surface area contributed by atoms with Crippen molar-refractivity contribution in [3.63, 3.8) is 0 Å². The number of carbonyl (C=O) groups is 2. The number of thioether (sulfide) groups is 1. The van der Waals surface area contributed by atoms with Crippen molar-refractivity contribution >= 4 is 45.8 Å². The van der Waals surface area contributed by atoms with Gasteiger partial charge in [-0.15, -0.1) is 10.2 Å². The third-order valence-corrected chi connectivity index (χ3v) is 6.54. The normalized spacial score (nSPS) is 12.9. The van der Waals surface area contributed by atoms with Crippen LogP contribution in [0.25, 0.3) is 0 Å². The van der Waals surface area contributed by atoms with Gasteiger partial charge in [0.2, 0.25) is 11.0 Å². The van der Waals surface area contributed by atoms with E-state index in [2.05, 4.69) is 33.8 Å². The van der Waals surface area contributed by atoms with E-state index < -0.39 is 12.0 Å². The summed E-state index contributed by atoms with van der Waals surface area (Å²) in [7, 11) is 1.32. The zero-order chi connectivity index (χ0) is 20.7. The van der Waals surface area contributed by atoms with Crippen LogP contribution in [0.4, 0.5) is 10.8 Å². The highest BCUT2D eigenvalue weighted by molar-refractivity contribution is 8.01. The maximum Gasteiger partial charge on any atom is 0.328 e. The Bertz CT molecular complexity index is 825. The summed E-state index contributed by atoms with van der Waals surface area (Å²) < 4.78 is 5.47. The van der Waals surface area contributed by atoms with Crippen LogP contribution in [0.5, 0.6) is 0 Å². The molecule has 0 spiro atoms.